The highest BCUT2D eigenvalue weighted by Crippen LogP contribution is 2.38. The maximum absolute atomic E-state index is 13.3. The van der Waals surface area contributed by atoms with Gasteiger partial charge in [0.15, 0.2) is 11.7 Å². The van der Waals surface area contributed by atoms with Crippen molar-refractivity contribution in [2.75, 3.05) is 33.7 Å². The molecule has 0 aromatic heterocycles. The molecule has 42 heavy (non-hydrogen) atoms. The molecular formula is C32H38O9S. The largest absolute Gasteiger partial charge is 0.497 e. The van der Waals surface area contributed by atoms with Crippen LogP contribution in [0.25, 0.3) is 0 Å². The molecule has 2 saturated heterocycles. The second-order valence-electron chi connectivity index (χ2n) is 10.00. The van der Waals surface area contributed by atoms with Crippen molar-refractivity contribution in [1.29, 1.82) is 0 Å². The molecule has 2 aliphatic rings. The SMILES string of the molecule is CCS(=O)[C@@H]1OC2COC(c3ccc(OC)cc3)O[C@@H]2[C@@H](OCc2ccc(OC)cc2)C1OCc1ccc(OC)cc1. The summed E-state index contributed by atoms with van der Waals surface area (Å²) in [6, 6.07) is 22.9. The van der Waals surface area contributed by atoms with Crippen molar-refractivity contribution >= 4 is 10.8 Å². The van der Waals surface area contributed by atoms with E-state index in [1.54, 1.807) is 21.3 Å². The summed E-state index contributed by atoms with van der Waals surface area (Å²) in [7, 11) is 3.55. The summed E-state index contributed by atoms with van der Waals surface area (Å²) in [5.74, 6) is 2.67. The fourth-order valence-corrected chi connectivity index (χ4v) is 6.17. The van der Waals surface area contributed by atoms with Gasteiger partial charge in [-0.1, -0.05) is 43.3 Å². The molecular weight excluding hydrogens is 560 g/mol. The van der Waals surface area contributed by atoms with Crippen molar-refractivity contribution in [1.82, 2.24) is 0 Å². The van der Waals surface area contributed by atoms with Crippen molar-refractivity contribution in [3.63, 3.8) is 0 Å². The Labute approximate surface area is 249 Å². The first kappa shape index (κ1) is 30.5. The minimum atomic E-state index is -1.33. The smallest absolute Gasteiger partial charge is 0.184 e. The highest BCUT2D eigenvalue weighted by molar-refractivity contribution is 7.85. The molecule has 3 aromatic rings. The molecule has 0 amide bonds. The Morgan fingerprint density at radius 1 is 0.714 bits per heavy atom. The third-order valence-corrected chi connectivity index (χ3v) is 8.88. The quantitative estimate of drug-likeness (QED) is 0.292. The van der Waals surface area contributed by atoms with Crippen molar-refractivity contribution in [2.45, 2.75) is 56.3 Å². The van der Waals surface area contributed by atoms with Crippen molar-refractivity contribution in [3.8, 4) is 17.2 Å². The van der Waals surface area contributed by atoms with E-state index in [0.717, 1.165) is 33.9 Å². The molecule has 0 N–H and O–H groups in total. The van der Waals surface area contributed by atoms with E-state index < -0.39 is 46.9 Å². The van der Waals surface area contributed by atoms with E-state index in [1.807, 2.05) is 79.7 Å². The van der Waals surface area contributed by atoms with Gasteiger partial charge < -0.3 is 37.9 Å². The average Bonchev–Trinajstić information content (AvgIpc) is 3.06. The van der Waals surface area contributed by atoms with Crippen molar-refractivity contribution in [3.05, 3.63) is 89.5 Å². The summed E-state index contributed by atoms with van der Waals surface area (Å²) in [6.07, 6.45) is -2.91. The van der Waals surface area contributed by atoms with Gasteiger partial charge in [0.2, 0.25) is 0 Å². The van der Waals surface area contributed by atoms with Gasteiger partial charge in [-0.05, 0) is 47.5 Å². The summed E-state index contributed by atoms with van der Waals surface area (Å²) < 4.78 is 61.3. The van der Waals surface area contributed by atoms with Crippen LogP contribution in [-0.2, 0) is 47.7 Å². The molecule has 2 heterocycles. The summed E-state index contributed by atoms with van der Waals surface area (Å²) in [4.78, 5) is 0. The Morgan fingerprint density at radius 2 is 1.21 bits per heavy atom. The standard InChI is InChI=1S/C32H38O9S/c1-5-42(33)32-30(38-19-22-8-14-25(35-3)15-9-22)29(37-18-21-6-12-24(34-2)13-7-21)28-27(40-32)20-39-31(41-28)23-10-16-26(36-4)17-11-23/h6-17,27-32H,5,18-20H2,1-4H3/t27?,28-,29+,30?,31?,32-,42?/m0/s1. The van der Waals surface area contributed by atoms with Crippen LogP contribution in [0.15, 0.2) is 72.8 Å². The maximum atomic E-state index is 13.3. The Morgan fingerprint density at radius 3 is 1.71 bits per heavy atom. The minimum Gasteiger partial charge on any atom is -0.497 e. The topological polar surface area (TPSA) is 90.9 Å². The van der Waals surface area contributed by atoms with Crippen LogP contribution < -0.4 is 14.2 Å². The maximum Gasteiger partial charge on any atom is 0.184 e. The zero-order valence-electron chi connectivity index (χ0n) is 24.3. The van der Waals surface area contributed by atoms with Gasteiger partial charge in [-0.25, -0.2) is 0 Å². The Kier molecular flexibility index (Phi) is 10.5. The lowest BCUT2D eigenvalue weighted by Gasteiger charge is -2.49. The second kappa shape index (κ2) is 14.5. The molecule has 5 rings (SSSR count). The van der Waals surface area contributed by atoms with E-state index in [-0.39, 0.29) is 13.2 Å². The number of benzene rings is 3. The normalized spacial score (nSPS) is 26.2. The zero-order chi connectivity index (χ0) is 29.5. The number of methoxy groups -OCH3 is 3. The third-order valence-electron chi connectivity index (χ3n) is 7.42. The lowest BCUT2D eigenvalue weighted by molar-refractivity contribution is -0.330. The van der Waals surface area contributed by atoms with Gasteiger partial charge in [0.05, 0.1) is 51.9 Å². The van der Waals surface area contributed by atoms with E-state index >= 15 is 0 Å². The Hall–Kier alpha value is -2.99. The molecule has 0 saturated carbocycles. The van der Waals surface area contributed by atoms with Gasteiger partial charge in [0.1, 0.15) is 41.7 Å². The number of ether oxygens (including phenoxy) is 8. The van der Waals surface area contributed by atoms with Crippen LogP contribution in [0.1, 0.15) is 29.9 Å². The molecule has 0 bridgehead atoms. The fraction of sp³-hybridized carbons (Fsp3) is 0.438. The summed E-state index contributed by atoms with van der Waals surface area (Å²) >= 11 is 0. The van der Waals surface area contributed by atoms with Gasteiger partial charge in [-0.15, -0.1) is 0 Å². The van der Waals surface area contributed by atoms with Crippen molar-refractivity contribution in [2.24, 2.45) is 0 Å². The second-order valence-corrected chi connectivity index (χ2v) is 11.8. The highest BCUT2D eigenvalue weighted by Gasteiger charge is 2.52. The summed E-state index contributed by atoms with van der Waals surface area (Å²) in [6.45, 7) is 2.69. The van der Waals surface area contributed by atoms with Gasteiger partial charge in [-0.2, -0.15) is 0 Å². The first-order valence-electron chi connectivity index (χ1n) is 14.0. The van der Waals surface area contributed by atoms with Gasteiger partial charge >= 0.3 is 0 Å². The molecule has 4 unspecified atom stereocenters. The molecule has 3 aromatic carbocycles. The van der Waals surface area contributed by atoms with Crippen LogP contribution in [0.2, 0.25) is 0 Å². The number of fused-ring (bicyclic) bond motifs is 1. The zero-order valence-corrected chi connectivity index (χ0v) is 25.1. The number of hydrogen-bond acceptors (Lipinski definition) is 9. The van der Waals surface area contributed by atoms with Crippen molar-refractivity contribution < 1.29 is 42.1 Å². The van der Waals surface area contributed by atoms with E-state index in [4.69, 9.17) is 37.9 Å². The Bertz CT molecular complexity index is 1280. The van der Waals surface area contributed by atoms with Crippen LogP contribution >= 0.6 is 0 Å². The first-order chi connectivity index (χ1) is 20.5. The van der Waals surface area contributed by atoms with Crippen LogP contribution in [0.3, 0.4) is 0 Å². The van der Waals surface area contributed by atoms with Gasteiger partial charge in [-0.3, -0.25) is 4.21 Å². The number of hydrogen-bond donors (Lipinski definition) is 0. The summed E-state index contributed by atoms with van der Waals surface area (Å²) in [5.41, 5.74) is 2.02. The lowest BCUT2D eigenvalue weighted by atomic mass is 9.98. The molecule has 2 fully saturated rings. The van der Waals surface area contributed by atoms with Gasteiger partial charge in [0, 0.05) is 11.3 Å². The van der Waals surface area contributed by atoms with E-state index in [0.29, 0.717) is 12.4 Å². The van der Waals surface area contributed by atoms with E-state index in [2.05, 4.69) is 0 Å². The molecule has 0 spiro atoms. The highest BCUT2D eigenvalue weighted by atomic mass is 32.2. The van der Waals surface area contributed by atoms with Crippen LogP contribution in [0, 0.1) is 0 Å². The minimum absolute atomic E-state index is 0.256. The number of rotatable bonds is 12. The molecule has 226 valence electrons. The predicted molar refractivity (Wildman–Crippen MR) is 157 cm³/mol. The average molecular weight is 599 g/mol. The Balaban J connectivity index is 1.42. The van der Waals surface area contributed by atoms with Gasteiger partial charge in [0.25, 0.3) is 0 Å². The first-order valence-corrected chi connectivity index (χ1v) is 15.3. The summed E-state index contributed by atoms with van der Waals surface area (Å²) in [5, 5.41) is 0. The molecule has 9 nitrogen and oxygen atoms in total. The monoisotopic (exact) mass is 598 g/mol. The van der Waals surface area contributed by atoms with E-state index in [1.165, 1.54) is 0 Å². The van der Waals surface area contributed by atoms with Crippen LogP contribution in [0.5, 0.6) is 17.2 Å². The molecule has 10 heteroatoms. The van der Waals surface area contributed by atoms with E-state index in [9.17, 15) is 4.21 Å². The predicted octanol–water partition coefficient (Wildman–Crippen LogP) is 4.79. The third kappa shape index (κ3) is 7.14. The molecule has 0 radical (unpaired) electrons. The van der Waals surface area contributed by atoms with Crippen LogP contribution in [-0.4, -0.2) is 67.7 Å². The van der Waals surface area contributed by atoms with Crippen LogP contribution in [0.4, 0.5) is 0 Å². The molecule has 0 aliphatic carbocycles. The fourth-order valence-electron chi connectivity index (χ4n) is 5.05. The lowest BCUT2D eigenvalue weighted by Crippen LogP contribution is -2.64. The molecule has 2 aliphatic heterocycles. The molecule has 7 atom stereocenters.